The van der Waals surface area contributed by atoms with E-state index < -0.39 is 0 Å². The smallest absolute Gasteiger partial charge is 0.254 e. The van der Waals surface area contributed by atoms with Gasteiger partial charge in [-0.1, -0.05) is 24.3 Å². The molecule has 1 heterocycles. The molecule has 1 saturated heterocycles. The van der Waals surface area contributed by atoms with Crippen LogP contribution in [0.25, 0.3) is 10.8 Å². The third-order valence-electron chi connectivity index (χ3n) is 5.04. The highest BCUT2D eigenvalue weighted by Crippen LogP contribution is 2.28. The summed E-state index contributed by atoms with van der Waals surface area (Å²) in [5.74, 6) is 0.751. The highest BCUT2D eigenvalue weighted by Gasteiger charge is 2.26. The Labute approximate surface area is 163 Å². The average molecular weight is 372 g/mol. The van der Waals surface area contributed by atoms with Crippen LogP contribution in [0.15, 0.2) is 60.7 Å². The van der Waals surface area contributed by atoms with Gasteiger partial charge in [-0.05, 0) is 52.7 Å². The number of ether oxygens (including phenoxy) is 2. The number of nitriles is 1. The van der Waals surface area contributed by atoms with Crippen molar-refractivity contribution in [1.82, 2.24) is 4.90 Å². The van der Waals surface area contributed by atoms with Crippen LogP contribution in [0.2, 0.25) is 0 Å². The largest absolute Gasteiger partial charge is 0.497 e. The molecule has 0 spiro atoms. The Morgan fingerprint density at radius 3 is 2.79 bits per heavy atom. The van der Waals surface area contributed by atoms with E-state index in [1.807, 2.05) is 30.3 Å². The van der Waals surface area contributed by atoms with Crippen LogP contribution in [0.3, 0.4) is 0 Å². The lowest BCUT2D eigenvalue weighted by Crippen LogP contribution is -2.42. The van der Waals surface area contributed by atoms with Crippen molar-refractivity contribution < 1.29 is 14.3 Å². The molecule has 1 aliphatic rings. The van der Waals surface area contributed by atoms with E-state index in [9.17, 15) is 4.79 Å². The van der Waals surface area contributed by atoms with Crippen molar-refractivity contribution in [1.29, 1.82) is 5.26 Å². The van der Waals surface area contributed by atoms with Crippen LogP contribution in [0.1, 0.15) is 27.6 Å². The molecule has 3 aromatic carbocycles. The van der Waals surface area contributed by atoms with Gasteiger partial charge in [0.15, 0.2) is 0 Å². The van der Waals surface area contributed by atoms with Crippen LogP contribution in [0.4, 0.5) is 0 Å². The van der Waals surface area contributed by atoms with Crippen LogP contribution in [0, 0.1) is 11.3 Å². The summed E-state index contributed by atoms with van der Waals surface area (Å²) >= 11 is 0. The zero-order valence-electron chi connectivity index (χ0n) is 15.6. The number of nitrogens with zero attached hydrogens (tertiary/aromatic N) is 2. The lowest BCUT2D eigenvalue weighted by atomic mass is 10.0. The quantitative estimate of drug-likeness (QED) is 0.699. The summed E-state index contributed by atoms with van der Waals surface area (Å²) in [5.41, 5.74) is 2.06. The van der Waals surface area contributed by atoms with E-state index in [1.54, 1.807) is 36.3 Å². The van der Waals surface area contributed by atoms with E-state index in [-0.39, 0.29) is 12.0 Å². The minimum absolute atomic E-state index is 0.0732. The van der Waals surface area contributed by atoms with Crippen molar-refractivity contribution >= 4 is 16.7 Å². The van der Waals surface area contributed by atoms with Crippen LogP contribution in [0.5, 0.6) is 5.75 Å². The molecule has 3 aromatic rings. The van der Waals surface area contributed by atoms with E-state index in [0.29, 0.717) is 30.8 Å². The third kappa shape index (κ3) is 3.55. The fourth-order valence-electron chi connectivity index (χ4n) is 3.51. The molecule has 0 bridgehead atoms. The molecule has 140 valence electrons. The molecule has 1 atom stereocenters. The molecule has 5 nitrogen and oxygen atoms in total. The molecule has 0 aromatic heterocycles. The first-order chi connectivity index (χ1) is 13.7. The number of methoxy groups -OCH3 is 1. The Morgan fingerprint density at radius 2 is 1.96 bits per heavy atom. The zero-order valence-corrected chi connectivity index (χ0v) is 15.6. The van der Waals surface area contributed by atoms with Gasteiger partial charge >= 0.3 is 0 Å². The van der Waals surface area contributed by atoms with Gasteiger partial charge in [-0.2, -0.15) is 5.26 Å². The summed E-state index contributed by atoms with van der Waals surface area (Å²) in [7, 11) is 1.66. The van der Waals surface area contributed by atoms with Crippen LogP contribution in [-0.4, -0.2) is 37.6 Å². The highest BCUT2D eigenvalue weighted by atomic mass is 16.5. The molecule has 0 unspecified atom stereocenters. The van der Waals surface area contributed by atoms with Crippen molar-refractivity contribution in [3.63, 3.8) is 0 Å². The Kier molecular flexibility index (Phi) is 4.96. The van der Waals surface area contributed by atoms with Gasteiger partial charge in [-0.25, -0.2) is 0 Å². The lowest BCUT2D eigenvalue weighted by molar-refractivity contribution is -0.0227. The second kappa shape index (κ2) is 7.71. The molecule has 0 N–H and O–H groups in total. The fourth-order valence-corrected chi connectivity index (χ4v) is 3.51. The topological polar surface area (TPSA) is 62.6 Å². The predicted molar refractivity (Wildman–Crippen MR) is 106 cm³/mol. The number of hydrogen-bond acceptors (Lipinski definition) is 4. The maximum Gasteiger partial charge on any atom is 0.254 e. The van der Waals surface area contributed by atoms with Gasteiger partial charge in [0, 0.05) is 12.1 Å². The van der Waals surface area contributed by atoms with Gasteiger partial charge in [0.1, 0.15) is 11.9 Å². The van der Waals surface area contributed by atoms with Crippen LogP contribution in [-0.2, 0) is 4.74 Å². The number of benzene rings is 3. The van der Waals surface area contributed by atoms with Crippen molar-refractivity contribution in [2.45, 2.75) is 6.10 Å². The molecule has 1 aliphatic heterocycles. The van der Waals surface area contributed by atoms with Crippen molar-refractivity contribution in [2.24, 2.45) is 0 Å². The van der Waals surface area contributed by atoms with E-state index in [4.69, 9.17) is 14.7 Å². The summed E-state index contributed by atoms with van der Waals surface area (Å²) in [5, 5.41) is 11.3. The summed E-state index contributed by atoms with van der Waals surface area (Å²) in [6.45, 7) is 1.50. The van der Waals surface area contributed by atoms with Gasteiger partial charge in [0.25, 0.3) is 5.91 Å². The normalized spacial score (nSPS) is 16.6. The van der Waals surface area contributed by atoms with E-state index in [0.717, 1.165) is 22.1 Å². The van der Waals surface area contributed by atoms with Gasteiger partial charge < -0.3 is 14.4 Å². The predicted octanol–water partition coefficient (Wildman–Crippen LogP) is 3.93. The molecule has 0 saturated carbocycles. The summed E-state index contributed by atoms with van der Waals surface area (Å²) in [6, 6.07) is 21.0. The Hall–Kier alpha value is -3.36. The van der Waals surface area contributed by atoms with Crippen molar-refractivity contribution in [2.75, 3.05) is 26.8 Å². The zero-order chi connectivity index (χ0) is 19.5. The van der Waals surface area contributed by atoms with Gasteiger partial charge in [-0.15, -0.1) is 0 Å². The SMILES string of the molecule is COc1ccc2cc([C@@H]3CN(C(=O)c4cccc(C#N)c4)CCO3)ccc2c1. The van der Waals surface area contributed by atoms with Crippen molar-refractivity contribution in [3.05, 3.63) is 77.4 Å². The van der Waals surface area contributed by atoms with Crippen LogP contribution >= 0.6 is 0 Å². The Morgan fingerprint density at radius 1 is 1.14 bits per heavy atom. The second-order valence-corrected chi connectivity index (χ2v) is 6.78. The van der Waals surface area contributed by atoms with E-state index >= 15 is 0 Å². The molecular weight excluding hydrogens is 352 g/mol. The molecule has 1 fully saturated rings. The minimum atomic E-state index is -0.177. The number of rotatable bonds is 3. The molecule has 5 heteroatoms. The second-order valence-electron chi connectivity index (χ2n) is 6.78. The monoisotopic (exact) mass is 372 g/mol. The van der Waals surface area contributed by atoms with Crippen LogP contribution < -0.4 is 4.74 Å². The Bertz CT molecular complexity index is 1070. The molecule has 0 aliphatic carbocycles. The maximum atomic E-state index is 12.9. The standard InChI is InChI=1S/C23H20N2O3/c1-27-21-8-7-17-12-19(6-5-18(17)13-21)22-15-25(9-10-28-22)23(26)20-4-2-3-16(11-20)14-24/h2-8,11-13,22H,9-10,15H2,1H3/t22-/m0/s1. The highest BCUT2D eigenvalue weighted by molar-refractivity contribution is 5.94. The molecule has 1 amide bonds. The number of fused-ring (bicyclic) bond motifs is 1. The summed E-state index contributed by atoms with van der Waals surface area (Å²) in [6.07, 6.45) is -0.177. The number of carbonyl (C=O) groups excluding carboxylic acids is 1. The number of amides is 1. The molecule has 28 heavy (non-hydrogen) atoms. The molecule has 0 radical (unpaired) electrons. The summed E-state index contributed by atoms with van der Waals surface area (Å²) < 4.78 is 11.2. The fraction of sp³-hybridized carbons (Fsp3) is 0.217. The van der Waals surface area contributed by atoms with E-state index in [2.05, 4.69) is 12.1 Å². The number of hydrogen-bond donors (Lipinski definition) is 0. The first kappa shape index (κ1) is 18.0. The lowest BCUT2D eigenvalue weighted by Gasteiger charge is -2.33. The van der Waals surface area contributed by atoms with Crippen molar-refractivity contribution in [3.8, 4) is 11.8 Å². The first-order valence-electron chi connectivity index (χ1n) is 9.16. The summed E-state index contributed by atoms with van der Waals surface area (Å²) in [4.78, 5) is 14.7. The van der Waals surface area contributed by atoms with Gasteiger partial charge in [0.05, 0.1) is 31.9 Å². The molecular formula is C23H20N2O3. The third-order valence-corrected chi connectivity index (χ3v) is 5.04. The molecule has 4 rings (SSSR count). The first-order valence-corrected chi connectivity index (χ1v) is 9.16. The van der Waals surface area contributed by atoms with Gasteiger partial charge in [0.2, 0.25) is 0 Å². The number of morpholine rings is 1. The maximum absolute atomic E-state index is 12.9. The number of carbonyl (C=O) groups is 1. The minimum Gasteiger partial charge on any atom is -0.497 e. The average Bonchev–Trinajstić information content (AvgIpc) is 2.78. The van der Waals surface area contributed by atoms with Gasteiger partial charge in [-0.3, -0.25) is 4.79 Å². The van der Waals surface area contributed by atoms with E-state index in [1.165, 1.54) is 0 Å². The Balaban J connectivity index is 1.55.